The van der Waals surface area contributed by atoms with E-state index >= 15 is 0 Å². The summed E-state index contributed by atoms with van der Waals surface area (Å²) in [5, 5.41) is 8.16. The Hall–Kier alpha value is -2.69. The fraction of sp³-hybridized carbons (Fsp3) is 0.316. The Bertz CT molecular complexity index is 836. The normalized spacial score (nSPS) is 11.2. The average Bonchev–Trinajstić information content (AvgIpc) is 2.98. The third-order valence-electron chi connectivity index (χ3n) is 4.20. The minimum atomic E-state index is 0.0126. The number of fused-ring (bicyclic) bond motifs is 1. The van der Waals surface area contributed by atoms with E-state index in [0.29, 0.717) is 12.5 Å². The lowest BCUT2D eigenvalue weighted by molar-refractivity contribution is -0.131. The molecule has 1 amide bonds. The Balaban J connectivity index is 1.66. The van der Waals surface area contributed by atoms with Crippen LogP contribution in [0.25, 0.3) is 11.0 Å². The molecule has 5 nitrogen and oxygen atoms in total. The van der Waals surface area contributed by atoms with Gasteiger partial charge in [-0.2, -0.15) is 0 Å². The van der Waals surface area contributed by atoms with E-state index in [1.807, 2.05) is 31.3 Å². The van der Waals surface area contributed by atoms with Crippen LogP contribution < -0.4 is 0 Å². The number of benzene rings is 2. The fourth-order valence-corrected chi connectivity index (χ4v) is 2.65. The van der Waals surface area contributed by atoms with Gasteiger partial charge in [0.2, 0.25) is 5.91 Å². The van der Waals surface area contributed by atoms with Gasteiger partial charge in [-0.25, -0.2) is 4.68 Å². The van der Waals surface area contributed by atoms with Gasteiger partial charge in [-0.3, -0.25) is 4.79 Å². The van der Waals surface area contributed by atoms with Crippen molar-refractivity contribution in [2.24, 2.45) is 0 Å². The predicted octanol–water partition coefficient (Wildman–Crippen LogP) is 3.21. The van der Waals surface area contributed by atoms with Crippen molar-refractivity contribution in [3.05, 3.63) is 59.7 Å². The van der Waals surface area contributed by atoms with Crippen molar-refractivity contribution in [3.8, 4) is 0 Å². The number of rotatable bonds is 5. The minimum Gasteiger partial charge on any atom is -0.340 e. The van der Waals surface area contributed by atoms with Crippen molar-refractivity contribution in [1.29, 1.82) is 0 Å². The van der Waals surface area contributed by atoms with Crippen molar-refractivity contribution < 1.29 is 4.79 Å². The van der Waals surface area contributed by atoms with Crippen LogP contribution in [0.3, 0.4) is 0 Å². The Morgan fingerprint density at radius 2 is 1.83 bits per heavy atom. The van der Waals surface area contributed by atoms with Crippen LogP contribution in [0.5, 0.6) is 0 Å². The van der Waals surface area contributed by atoms with Gasteiger partial charge in [0.25, 0.3) is 0 Å². The van der Waals surface area contributed by atoms with Gasteiger partial charge in [0.05, 0.1) is 5.52 Å². The Kier molecular flexibility index (Phi) is 4.60. The van der Waals surface area contributed by atoms with Gasteiger partial charge in [0.1, 0.15) is 12.1 Å². The molecule has 3 rings (SSSR count). The highest BCUT2D eigenvalue weighted by molar-refractivity contribution is 5.79. The molecule has 0 saturated carbocycles. The minimum absolute atomic E-state index is 0.0126. The SMILES string of the molecule is CC(C)c1ccc(CN(C)C(=O)Cn2nnc3ccccc32)cc1. The van der Waals surface area contributed by atoms with Crippen LogP contribution in [0.15, 0.2) is 48.5 Å². The van der Waals surface area contributed by atoms with Crippen LogP contribution in [0.1, 0.15) is 30.9 Å². The zero-order chi connectivity index (χ0) is 17.1. The van der Waals surface area contributed by atoms with Gasteiger partial charge in [0.15, 0.2) is 0 Å². The highest BCUT2D eigenvalue weighted by Crippen LogP contribution is 2.16. The summed E-state index contributed by atoms with van der Waals surface area (Å²) in [6.07, 6.45) is 0. The number of hydrogen-bond donors (Lipinski definition) is 0. The van der Waals surface area contributed by atoms with Gasteiger partial charge in [-0.15, -0.1) is 5.10 Å². The first kappa shape index (κ1) is 16.2. The number of aromatic nitrogens is 3. The van der Waals surface area contributed by atoms with Crippen molar-refractivity contribution in [2.45, 2.75) is 32.9 Å². The van der Waals surface area contributed by atoms with Crippen molar-refractivity contribution in [3.63, 3.8) is 0 Å². The Morgan fingerprint density at radius 3 is 2.54 bits per heavy atom. The van der Waals surface area contributed by atoms with E-state index < -0.39 is 0 Å². The van der Waals surface area contributed by atoms with Gasteiger partial charge < -0.3 is 4.90 Å². The van der Waals surface area contributed by atoms with Crippen molar-refractivity contribution in [2.75, 3.05) is 7.05 Å². The Labute approximate surface area is 141 Å². The smallest absolute Gasteiger partial charge is 0.244 e. The number of nitrogens with zero attached hydrogens (tertiary/aromatic N) is 4. The lowest BCUT2D eigenvalue weighted by Crippen LogP contribution is -2.30. The highest BCUT2D eigenvalue weighted by Gasteiger charge is 2.13. The molecular formula is C19H22N4O. The molecule has 1 heterocycles. The molecule has 0 spiro atoms. The predicted molar refractivity (Wildman–Crippen MR) is 94.5 cm³/mol. The standard InChI is InChI=1S/C19H22N4O/c1-14(2)16-10-8-15(9-11-16)12-22(3)19(24)13-23-18-7-5-4-6-17(18)20-21-23/h4-11,14H,12-13H2,1-3H3. The molecule has 124 valence electrons. The Morgan fingerprint density at radius 1 is 1.12 bits per heavy atom. The largest absolute Gasteiger partial charge is 0.340 e. The lowest BCUT2D eigenvalue weighted by Gasteiger charge is -2.18. The summed E-state index contributed by atoms with van der Waals surface area (Å²) in [4.78, 5) is 14.2. The number of hydrogen-bond acceptors (Lipinski definition) is 3. The monoisotopic (exact) mass is 322 g/mol. The van der Waals surface area contributed by atoms with Gasteiger partial charge in [-0.05, 0) is 29.2 Å². The van der Waals surface area contributed by atoms with Crippen molar-refractivity contribution >= 4 is 16.9 Å². The fourth-order valence-electron chi connectivity index (χ4n) is 2.65. The molecule has 0 fully saturated rings. The van der Waals surface area contributed by atoms with E-state index in [0.717, 1.165) is 16.6 Å². The maximum Gasteiger partial charge on any atom is 0.244 e. The molecule has 0 aliphatic rings. The molecule has 3 aromatic rings. The maximum atomic E-state index is 12.5. The maximum absolute atomic E-state index is 12.5. The summed E-state index contributed by atoms with van der Waals surface area (Å²) >= 11 is 0. The third kappa shape index (κ3) is 3.45. The molecule has 0 saturated heterocycles. The zero-order valence-electron chi connectivity index (χ0n) is 14.3. The molecule has 1 aromatic heterocycles. The molecule has 0 bridgehead atoms. The van der Waals surface area contributed by atoms with E-state index in [1.165, 1.54) is 5.56 Å². The lowest BCUT2D eigenvalue weighted by atomic mass is 10.0. The van der Waals surface area contributed by atoms with Crippen LogP contribution in [0.4, 0.5) is 0 Å². The van der Waals surface area contributed by atoms with E-state index in [9.17, 15) is 4.79 Å². The first-order valence-corrected chi connectivity index (χ1v) is 8.15. The summed E-state index contributed by atoms with van der Waals surface area (Å²) in [5.74, 6) is 0.526. The van der Waals surface area contributed by atoms with E-state index in [4.69, 9.17) is 0 Å². The summed E-state index contributed by atoms with van der Waals surface area (Å²) in [7, 11) is 1.82. The number of carbonyl (C=O) groups is 1. The van der Waals surface area contributed by atoms with Crippen LogP contribution in [-0.2, 0) is 17.9 Å². The molecule has 0 unspecified atom stereocenters. The number of carbonyl (C=O) groups excluding carboxylic acids is 1. The topological polar surface area (TPSA) is 51.0 Å². The van der Waals surface area contributed by atoms with E-state index in [2.05, 4.69) is 48.4 Å². The van der Waals surface area contributed by atoms with E-state index in [1.54, 1.807) is 9.58 Å². The highest BCUT2D eigenvalue weighted by atomic mass is 16.2. The second-order valence-corrected chi connectivity index (χ2v) is 6.38. The second kappa shape index (κ2) is 6.83. The molecule has 2 aromatic carbocycles. The molecule has 0 radical (unpaired) electrons. The van der Waals surface area contributed by atoms with Crippen LogP contribution in [-0.4, -0.2) is 32.8 Å². The van der Waals surface area contributed by atoms with Crippen molar-refractivity contribution in [1.82, 2.24) is 19.9 Å². The average molecular weight is 322 g/mol. The quantitative estimate of drug-likeness (QED) is 0.725. The zero-order valence-corrected chi connectivity index (χ0v) is 14.3. The summed E-state index contributed by atoms with van der Waals surface area (Å²) < 4.78 is 1.65. The molecule has 0 aliphatic carbocycles. The molecule has 0 atom stereocenters. The molecule has 24 heavy (non-hydrogen) atoms. The van der Waals surface area contributed by atoms with Crippen LogP contribution in [0.2, 0.25) is 0 Å². The molecular weight excluding hydrogens is 300 g/mol. The van der Waals surface area contributed by atoms with Gasteiger partial charge in [0, 0.05) is 13.6 Å². The van der Waals surface area contributed by atoms with E-state index in [-0.39, 0.29) is 12.5 Å². The number of para-hydroxylation sites is 1. The van der Waals surface area contributed by atoms with Crippen LogP contribution in [0, 0.1) is 0 Å². The first-order chi connectivity index (χ1) is 11.5. The molecule has 0 N–H and O–H groups in total. The molecule has 0 aliphatic heterocycles. The second-order valence-electron chi connectivity index (χ2n) is 6.38. The van der Waals surface area contributed by atoms with Gasteiger partial charge >= 0.3 is 0 Å². The van der Waals surface area contributed by atoms with Crippen LogP contribution >= 0.6 is 0 Å². The summed E-state index contributed by atoms with van der Waals surface area (Å²) in [6.45, 7) is 5.13. The van der Waals surface area contributed by atoms with Gasteiger partial charge in [-0.1, -0.05) is 55.5 Å². The summed E-state index contributed by atoms with van der Waals surface area (Å²) in [6, 6.07) is 16.1. The number of amides is 1. The third-order valence-corrected chi connectivity index (χ3v) is 4.20. The molecule has 5 heteroatoms. The summed E-state index contributed by atoms with van der Waals surface area (Å²) in [5.41, 5.74) is 4.11. The number of likely N-dealkylation sites (N-methyl/N-ethyl adjacent to an activating group) is 1. The first-order valence-electron chi connectivity index (χ1n) is 8.15.